The lowest BCUT2D eigenvalue weighted by molar-refractivity contribution is 0.219. The summed E-state index contributed by atoms with van der Waals surface area (Å²) in [6, 6.07) is 5.48. The molecule has 0 fully saturated rings. The molecule has 0 radical (unpaired) electrons. The number of nitrogens with zero attached hydrogens (tertiary/aromatic N) is 3. The van der Waals surface area contributed by atoms with Gasteiger partial charge in [0.25, 0.3) is 0 Å². The summed E-state index contributed by atoms with van der Waals surface area (Å²) < 4.78 is 13.6. The molecule has 0 unspecified atom stereocenters. The summed E-state index contributed by atoms with van der Waals surface area (Å²) in [6.07, 6.45) is 3.82. The molecule has 2 aromatic heterocycles. The second-order valence-corrected chi connectivity index (χ2v) is 6.46. The third-order valence-electron chi connectivity index (χ3n) is 4.81. The van der Waals surface area contributed by atoms with Gasteiger partial charge in [0.05, 0.1) is 5.56 Å². The molecule has 130 valence electrons. The number of aryl methyl sites for hydroxylation is 2. The van der Waals surface area contributed by atoms with E-state index in [1.54, 1.807) is 0 Å². The highest BCUT2D eigenvalue weighted by Crippen LogP contribution is 2.31. The Morgan fingerprint density at radius 2 is 2.12 bits per heavy atom. The van der Waals surface area contributed by atoms with E-state index in [1.165, 1.54) is 6.07 Å². The van der Waals surface area contributed by atoms with E-state index in [9.17, 15) is 4.79 Å². The van der Waals surface area contributed by atoms with Gasteiger partial charge >= 0.3 is 5.63 Å². The zero-order chi connectivity index (χ0) is 17.4. The van der Waals surface area contributed by atoms with Crippen molar-refractivity contribution in [2.24, 2.45) is 0 Å². The first-order valence-corrected chi connectivity index (χ1v) is 8.51. The summed E-state index contributed by atoms with van der Waals surface area (Å²) in [6.45, 7) is 7.85. The third kappa shape index (κ3) is 3.05. The fraction of sp³-hybridized carbons (Fsp3) is 0.368. The minimum atomic E-state index is -0.316. The van der Waals surface area contributed by atoms with Crippen molar-refractivity contribution in [1.29, 1.82) is 0 Å². The summed E-state index contributed by atoms with van der Waals surface area (Å²) >= 11 is 0. The van der Waals surface area contributed by atoms with Gasteiger partial charge in [-0.2, -0.15) is 0 Å². The number of imidazole rings is 1. The van der Waals surface area contributed by atoms with Crippen LogP contribution < -0.4 is 10.4 Å². The van der Waals surface area contributed by atoms with Gasteiger partial charge in [0, 0.05) is 50.0 Å². The fourth-order valence-corrected chi connectivity index (χ4v) is 3.37. The molecule has 3 heterocycles. The third-order valence-corrected chi connectivity index (χ3v) is 4.81. The molecule has 3 aromatic rings. The van der Waals surface area contributed by atoms with E-state index in [1.807, 2.05) is 38.4 Å². The summed E-state index contributed by atoms with van der Waals surface area (Å²) in [5.41, 5.74) is 2.22. The van der Waals surface area contributed by atoms with Gasteiger partial charge in [-0.25, -0.2) is 9.78 Å². The Morgan fingerprint density at radius 3 is 2.92 bits per heavy atom. The smallest absolute Gasteiger partial charge is 0.336 e. The van der Waals surface area contributed by atoms with Gasteiger partial charge in [0.1, 0.15) is 23.8 Å². The Morgan fingerprint density at radius 1 is 1.24 bits per heavy atom. The van der Waals surface area contributed by atoms with Crippen LogP contribution >= 0.6 is 0 Å². The minimum absolute atomic E-state index is 0.316. The molecule has 1 aromatic carbocycles. The second kappa shape index (κ2) is 6.37. The Balaban J connectivity index is 1.66. The lowest BCUT2D eigenvalue weighted by Gasteiger charge is -2.20. The number of fused-ring (bicyclic) bond motifs is 3. The lowest BCUT2D eigenvalue weighted by atomic mass is 10.1. The molecule has 0 aliphatic carbocycles. The molecule has 0 saturated carbocycles. The van der Waals surface area contributed by atoms with Crippen molar-refractivity contribution in [3.63, 3.8) is 0 Å². The molecule has 25 heavy (non-hydrogen) atoms. The summed E-state index contributed by atoms with van der Waals surface area (Å²) in [5.74, 6) is 1.82. The normalized spacial score (nSPS) is 15.0. The maximum atomic E-state index is 11.8. The van der Waals surface area contributed by atoms with Crippen molar-refractivity contribution in [3.05, 3.63) is 58.0 Å². The Hall–Kier alpha value is -2.60. The quantitative estimate of drug-likeness (QED) is 0.686. The van der Waals surface area contributed by atoms with Gasteiger partial charge in [-0.1, -0.05) is 0 Å². The fourth-order valence-electron chi connectivity index (χ4n) is 3.37. The molecule has 6 heteroatoms. The molecular weight excluding hydrogens is 318 g/mol. The van der Waals surface area contributed by atoms with Crippen molar-refractivity contribution >= 4 is 11.0 Å². The SMILES string of the molecule is Cc1cc(=O)oc2c3c(ccc12)OCCN(CCn1ccnc1C)C3. The molecule has 4 rings (SSSR count). The van der Waals surface area contributed by atoms with Crippen LogP contribution in [0.4, 0.5) is 0 Å². The highest BCUT2D eigenvalue weighted by Gasteiger charge is 2.20. The molecule has 0 amide bonds. The van der Waals surface area contributed by atoms with Gasteiger partial charge in [-0.15, -0.1) is 0 Å². The molecule has 6 nitrogen and oxygen atoms in total. The minimum Gasteiger partial charge on any atom is -0.492 e. The molecule has 0 atom stereocenters. The highest BCUT2D eigenvalue weighted by molar-refractivity contribution is 5.85. The van der Waals surface area contributed by atoms with E-state index in [-0.39, 0.29) is 5.63 Å². The van der Waals surface area contributed by atoms with Gasteiger partial charge in [0.15, 0.2) is 0 Å². The first-order valence-electron chi connectivity index (χ1n) is 8.51. The molecule has 0 spiro atoms. The number of benzene rings is 1. The van der Waals surface area contributed by atoms with Crippen molar-refractivity contribution in [2.75, 3.05) is 19.7 Å². The molecule has 0 saturated heterocycles. The standard InChI is InChI=1S/C19H21N3O3/c1-13-11-18(23)25-19-15(13)3-4-17-16(19)12-21(9-10-24-17)7-8-22-6-5-20-14(22)2/h3-6,11H,7-10,12H2,1-2H3. The van der Waals surface area contributed by atoms with Crippen LogP contribution in [-0.4, -0.2) is 34.1 Å². The molecule has 0 N–H and O–H groups in total. The van der Waals surface area contributed by atoms with Crippen molar-refractivity contribution in [3.8, 4) is 5.75 Å². The van der Waals surface area contributed by atoms with Crippen LogP contribution in [0.3, 0.4) is 0 Å². The van der Waals surface area contributed by atoms with Crippen molar-refractivity contribution in [1.82, 2.24) is 14.5 Å². The Kier molecular flexibility index (Phi) is 4.05. The zero-order valence-electron chi connectivity index (χ0n) is 14.5. The van der Waals surface area contributed by atoms with Crippen LogP contribution in [0, 0.1) is 13.8 Å². The predicted molar refractivity (Wildman–Crippen MR) is 95.0 cm³/mol. The van der Waals surface area contributed by atoms with Crippen LogP contribution in [0.2, 0.25) is 0 Å². The predicted octanol–water partition coefficient (Wildman–Crippen LogP) is 2.50. The maximum absolute atomic E-state index is 11.8. The van der Waals surface area contributed by atoms with Crippen LogP contribution in [-0.2, 0) is 13.1 Å². The molecule has 1 aliphatic rings. The average molecular weight is 339 g/mol. The van der Waals surface area contributed by atoms with Crippen LogP contribution in [0.25, 0.3) is 11.0 Å². The van der Waals surface area contributed by atoms with Crippen molar-refractivity contribution < 1.29 is 9.15 Å². The monoisotopic (exact) mass is 339 g/mol. The number of ether oxygens (including phenoxy) is 1. The van der Waals surface area contributed by atoms with Crippen molar-refractivity contribution in [2.45, 2.75) is 26.9 Å². The lowest BCUT2D eigenvalue weighted by Crippen LogP contribution is -2.29. The van der Waals surface area contributed by atoms with Gasteiger partial charge in [-0.3, -0.25) is 4.90 Å². The van der Waals surface area contributed by atoms with Gasteiger partial charge < -0.3 is 13.7 Å². The van der Waals surface area contributed by atoms with E-state index in [4.69, 9.17) is 9.15 Å². The average Bonchev–Trinajstić information content (AvgIpc) is 2.87. The van der Waals surface area contributed by atoms with E-state index in [2.05, 4.69) is 14.5 Å². The number of rotatable bonds is 3. The molecule has 0 bridgehead atoms. The maximum Gasteiger partial charge on any atom is 0.336 e. The topological polar surface area (TPSA) is 60.5 Å². The molecule has 1 aliphatic heterocycles. The molecular formula is C19H21N3O3. The zero-order valence-corrected chi connectivity index (χ0v) is 14.5. The summed E-state index contributed by atoms with van der Waals surface area (Å²) in [7, 11) is 0. The van der Waals surface area contributed by atoms with Crippen LogP contribution in [0.5, 0.6) is 5.75 Å². The number of aromatic nitrogens is 2. The van der Waals surface area contributed by atoms with Crippen LogP contribution in [0.15, 0.2) is 39.8 Å². The van der Waals surface area contributed by atoms with E-state index >= 15 is 0 Å². The van der Waals surface area contributed by atoms with E-state index < -0.39 is 0 Å². The van der Waals surface area contributed by atoms with Gasteiger partial charge in [-0.05, 0) is 31.5 Å². The summed E-state index contributed by atoms with van der Waals surface area (Å²) in [4.78, 5) is 18.4. The van der Waals surface area contributed by atoms with Gasteiger partial charge in [0.2, 0.25) is 0 Å². The first-order chi connectivity index (χ1) is 12.1. The largest absolute Gasteiger partial charge is 0.492 e. The number of hydrogen-bond donors (Lipinski definition) is 0. The van der Waals surface area contributed by atoms with E-state index in [0.29, 0.717) is 18.7 Å². The van der Waals surface area contributed by atoms with E-state index in [0.717, 1.165) is 47.7 Å². The highest BCUT2D eigenvalue weighted by atomic mass is 16.5. The second-order valence-electron chi connectivity index (χ2n) is 6.46. The first kappa shape index (κ1) is 15.9. The van der Waals surface area contributed by atoms with Crippen LogP contribution in [0.1, 0.15) is 17.0 Å². The number of hydrogen-bond acceptors (Lipinski definition) is 5. The summed E-state index contributed by atoms with van der Waals surface area (Å²) in [5, 5.41) is 0.967. The Labute approximate surface area is 145 Å². The Bertz CT molecular complexity index is 974.